The van der Waals surface area contributed by atoms with Gasteiger partial charge in [-0.1, -0.05) is 0 Å². The molecule has 0 aromatic carbocycles. The lowest BCUT2D eigenvalue weighted by atomic mass is 10.2. The van der Waals surface area contributed by atoms with E-state index < -0.39 is 5.97 Å². The number of nitrogens with one attached hydrogen (secondary N) is 1. The van der Waals surface area contributed by atoms with Gasteiger partial charge >= 0.3 is 5.97 Å². The van der Waals surface area contributed by atoms with Gasteiger partial charge in [-0.05, 0) is 0 Å². The highest BCUT2D eigenvalue weighted by atomic mass is 16.4. The molecule has 1 aliphatic rings. The molecule has 7 nitrogen and oxygen atoms in total. The van der Waals surface area contributed by atoms with Crippen LogP contribution in [0.1, 0.15) is 12.8 Å². The summed E-state index contributed by atoms with van der Waals surface area (Å²) in [5.41, 5.74) is 0.337. The third kappa shape index (κ3) is 1.85. The molecule has 1 aromatic rings. The van der Waals surface area contributed by atoms with Gasteiger partial charge in [-0.25, -0.2) is 4.98 Å². The molecule has 1 aliphatic heterocycles. The predicted molar refractivity (Wildman–Crippen MR) is 50.4 cm³/mol. The molecule has 0 radical (unpaired) electrons. The maximum atomic E-state index is 11.4. The van der Waals surface area contributed by atoms with Gasteiger partial charge in [0.25, 0.3) is 5.91 Å². The van der Waals surface area contributed by atoms with Crippen molar-refractivity contribution in [3.05, 3.63) is 12.4 Å². The van der Waals surface area contributed by atoms with Gasteiger partial charge in [0.05, 0.1) is 18.6 Å². The molecule has 7 heteroatoms. The monoisotopic (exact) mass is 208 g/mol. The highest BCUT2D eigenvalue weighted by Crippen LogP contribution is 2.16. The van der Waals surface area contributed by atoms with E-state index in [0.29, 0.717) is 11.7 Å². The van der Waals surface area contributed by atoms with Crippen LogP contribution in [-0.2, 0) is 9.59 Å². The summed E-state index contributed by atoms with van der Waals surface area (Å²) < 4.78 is 0. The molecule has 1 aromatic heterocycles. The highest BCUT2D eigenvalue weighted by Gasteiger charge is 2.27. The second-order valence-electron chi connectivity index (χ2n) is 3.03. The first kappa shape index (κ1) is 9.38. The van der Waals surface area contributed by atoms with Crippen molar-refractivity contribution in [2.45, 2.75) is 12.8 Å². The van der Waals surface area contributed by atoms with E-state index in [1.54, 1.807) is 6.20 Å². The third-order valence-electron chi connectivity index (χ3n) is 1.87. The minimum absolute atomic E-state index is 0.0347. The molecule has 78 valence electrons. The standard InChI is InChI=1S/C8H8N4O3/c13-6-3-5(4-7(14)15)11-12(6)8-9-1-2-10-8/h1-2H,3-4H2,(H,9,10)(H,14,15). The molecule has 15 heavy (non-hydrogen) atoms. The number of carboxylic acid groups (broad SMARTS) is 1. The number of amides is 1. The zero-order chi connectivity index (χ0) is 10.8. The molecule has 1 amide bonds. The zero-order valence-electron chi connectivity index (χ0n) is 7.67. The van der Waals surface area contributed by atoms with Crippen LogP contribution in [0.15, 0.2) is 17.5 Å². The Balaban J connectivity index is 2.17. The van der Waals surface area contributed by atoms with Crippen molar-refractivity contribution in [3.63, 3.8) is 0 Å². The van der Waals surface area contributed by atoms with Crippen LogP contribution < -0.4 is 5.01 Å². The Morgan fingerprint density at radius 1 is 1.67 bits per heavy atom. The Kier molecular flexibility index (Phi) is 2.20. The van der Waals surface area contributed by atoms with Crippen molar-refractivity contribution in [2.24, 2.45) is 5.10 Å². The number of hydrazone groups is 1. The van der Waals surface area contributed by atoms with E-state index in [4.69, 9.17) is 5.11 Å². The van der Waals surface area contributed by atoms with Crippen molar-refractivity contribution in [2.75, 3.05) is 5.01 Å². The summed E-state index contributed by atoms with van der Waals surface area (Å²) in [6.07, 6.45) is 2.87. The fraction of sp³-hybridized carbons (Fsp3) is 0.250. The number of carbonyl (C=O) groups excluding carboxylic acids is 1. The van der Waals surface area contributed by atoms with E-state index in [-0.39, 0.29) is 18.7 Å². The van der Waals surface area contributed by atoms with Gasteiger partial charge < -0.3 is 10.1 Å². The van der Waals surface area contributed by atoms with Gasteiger partial charge in [-0.15, -0.1) is 0 Å². The summed E-state index contributed by atoms with van der Waals surface area (Å²) >= 11 is 0. The minimum atomic E-state index is -0.997. The SMILES string of the molecule is O=C(O)CC1=NN(c2ncc[nH]2)C(=O)C1. The molecular formula is C8H8N4O3. The van der Waals surface area contributed by atoms with Crippen LogP contribution in [0.2, 0.25) is 0 Å². The molecule has 2 N–H and O–H groups in total. The Morgan fingerprint density at radius 3 is 3.07 bits per heavy atom. The normalized spacial score (nSPS) is 15.6. The van der Waals surface area contributed by atoms with Gasteiger partial charge in [0, 0.05) is 12.4 Å². The molecule has 0 bridgehead atoms. The van der Waals surface area contributed by atoms with Crippen LogP contribution in [0.5, 0.6) is 0 Å². The second-order valence-corrected chi connectivity index (χ2v) is 3.03. The van der Waals surface area contributed by atoms with E-state index in [2.05, 4.69) is 15.1 Å². The predicted octanol–water partition coefficient (Wildman–Crippen LogP) is -0.0229. The minimum Gasteiger partial charge on any atom is -0.481 e. The van der Waals surface area contributed by atoms with E-state index in [9.17, 15) is 9.59 Å². The van der Waals surface area contributed by atoms with Crippen LogP contribution in [0.3, 0.4) is 0 Å². The van der Waals surface area contributed by atoms with Crippen molar-refractivity contribution in [1.82, 2.24) is 9.97 Å². The van der Waals surface area contributed by atoms with E-state index >= 15 is 0 Å². The van der Waals surface area contributed by atoms with Crippen LogP contribution in [0, 0.1) is 0 Å². The number of aliphatic carboxylic acids is 1. The number of carbonyl (C=O) groups is 2. The smallest absolute Gasteiger partial charge is 0.309 e. The van der Waals surface area contributed by atoms with Crippen molar-refractivity contribution in [3.8, 4) is 0 Å². The molecule has 0 saturated heterocycles. The summed E-state index contributed by atoms with van der Waals surface area (Å²) in [7, 11) is 0. The third-order valence-corrected chi connectivity index (χ3v) is 1.87. The average Bonchev–Trinajstić information content (AvgIpc) is 2.72. The number of H-pyrrole nitrogens is 1. The Morgan fingerprint density at radius 2 is 2.47 bits per heavy atom. The summed E-state index contributed by atoms with van der Waals surface area (Å²) in [6.45, 7) is 0. The van der Waals surface area contributed by atoms with Crippen molar-refractivity contribution >= 4 is 23.5 Å². The first-order valence-electron chi connectivity index (χ1n) is 4.27. The first-order chi connectivity index (χ1) is 7.16. The molecule has 0 spiro atoms. The summed E-state index contributed by atoms with van der Waals surface area (Å²) in [6, 6.07) is 0. The second kappa shape index (κ2) is 3.52. The Labute approximate surface area is 84.4 Å². The fourth-order valence-electron chi connectivity index (χ4n) is 1.29. The van der Waals surface area contributed by atoms with Gasteiger partial charge in [-0.3, -0.25) is 9.59 Å². The van der Waals surface area contributed by atoms with E-state index in [0.717, 1.165) is 5.01 Å². The number of anilines is 1. The van der Waals surface area contributed by atoms with Crippen molar-refractivity contribution < 1.29 is 14.7 Å². The number of carboxylic acids is 1. The molecule has 0 aliphatic carbocycles. The molecular weight excluding hydrogens is 200 g/mol. The zero-order valence-corrected chi connectivity index (χ0v) is 7.67. The van der Waals surface area contributed by atoms with Gasteiger partial charge in [0.15, 0.2) is 0 Å². The largest absolute Gasteiger partial charge is 0.481 e. The lowest BCUT2D eigenvalue weighted by Gasteiger charge is -2.05. The van der Waals surface area contributed by atoms with E-state index in [1.165, 1.54) is 6.20 Å². The molecule has 0 atom stereocenters. The first-order valence-corrected chi connectivity index (χ1v) is 4.27. The fourth-order valence-corrected chi connectivity index (χ4v) is 1.29. The number of hydrogen-bond donors (Lipinski definition) is 2. The highest BCUT2D eigenvalue weighted by molar-refractivity contribution is 6.15. The Hall–Kier alpha value is -2.18. The molecule has 0 saturated carbocycles. The van der Waals surface area contributed by atoms with E-state index in [1.807, 2.05) is 0 Å². The topological polar surface area (TPSA) is 98.6 Å². The molecule has 2 heterocycles. The summed E-state index contributed by atoms with van der Waals surface area (Å²) in [4.78, 5) is 28.4. The lowest BCUT2D eigenvalue weighted by molar-refractivity contribution is -0.135. The Bertz CT molecular complexity index is 423. The molecule has 2 rings (SSSR count). The van der Waals surface area contributed by atoms with Gasteiger partial charge in [0.2, 0.25) is 5.95 Å². The number of hydrogen-bond acceptors (Lipinski definition) is 4. The van der Waals surface area contributed by atoms with Crippen LogP contribution in [0.4, 0.5) is 5.95 Å². The lowest BCUT2D eigenvalue weighted by Crippen LogP contribution is -2.20. The number of rotatable bonds is 3. The molecule has 0 fully saturated rings. The van der Waals surface area contributed by atoms with Gasteiger partial charge in [-0.2, -0.15) is 10.1 Å². The van der Waals surface area contributed by atoms with Crippen LogP contribution in [-0.4, -0.2) is 32.7 Å². The van der Waals surface area contributed by atoms with Gasteiger partial charge in [0.1, 0.15) is 0 Å². The average molecular weight is 208 g/mol. The number of imidazole rings is 1. The number of aromatic nitrogens is 2. The van der Waals surface area contributed by atoms with Crippen LogP contribution >= 0.6 is 0 Å². The van der Waals surface area contributed by atoms with Crippen molar-refractivity contribution in [1.29, 1.82) is 0 Å². The summed E-state index contributed by atoms with van der Waals surface area (Å²) in [5, 5.41) is 13.5. The maximum absolute atomic E-state index is 11.4. The number of nitrogens with zero attached hydrogens (tertiary/aromatic N) is 3. The van der Waals surface area contributed by atoms with Crippen LogP contribution in [0.25, 0.3) is 0 Å². The summed E-state index contributed by atoms with van der Waals surface area (Å²) in [5.74, 6) is -0.968. The molecule has 0 unspecified atom stereocenters. The quantitative estimate of drug-likeness (QED) is 0.728. The number of aromatic amines is 1. The maximum Gasteiger partial charge on any atom is 0.309 e.